The summed E-state index contributed by atoms with van der Waals surface area (Å²) in [5, 5.41) is 12.6. The Morgan fingerprint density at radius 3 is 2.44 bits per heavy atom. The highest BCUT2D eigenvalue weighted by Gasteiger charge is 2.47. The van der Waals surface area contributed by atoms with Crippen molar-refractivity contribution in [3.8, 4) is 0 Å². The predicted octanol–water partition coefficient (Wildman–Crippen LogP) is 2.07. The van der Waals surface area contributed by atoms with E-state index in [1.807, 2.05) is 30.3 Å². The summed E-state index contributed by atoms with van der Waals surface area (Å²) in [6, 6.07) is 7.19. The molecule has 1 aliphatic carbocycles. The lowest BCUT2D eigenvalue weighted by atomic mass is 9.83. The van der Waals surface area contributed by atoms with Crippen LogP contribution in [0.5, 0.6) is 0 Å². The van der Waals surface area contributed by atoms with Crippen molar-refractivity contribution in [1.29, 1.82) is 0 Å². The number of nitrogens with one attached hydrogen (secondary N) is 1. The van der Waals surface area contributed by atoms with E-state index in [-0.39, 0.29) is 12.5 Å². The van der Waals surface area contributed by atoms with Crippen LogP contribution in [0.2, 0.25) is 0 Å². The summed E-state index contributed by atoms with van der Waals surface area (Å²) in [7, 11) is 1.70. The van der Waals surface area contributed by atoms with E-state index in [2.05, 4.69) is 5.32 Å². The number of hydrogen-bond donors (Lipinski definition) is 2. The molecule has 0 aromatic heterocycles. The Bertz CT molecular complexity index is 688. The number of nitrogens with zero attached hydrogens (tertiary/aromatic N) is 2. The first-order valence-corrected chi connectivity index (χ1v) is 9.59. The topological polar surface area (TPSA) is 90.0 Å². The standard InChI is InChI=1S/C20H27N3O4/c1-21-17(15-10-6-3-7-11-15)18(24)23-16(19(25)26)13-22(20(23)27)12-14-8-4-2-5-9-14/h2,4-5,8-9,15-17,21H,3,6-7,10-13H2,1H3,(H,25,26). The van der Waals surface area contributed by atoms with Gasteiger partial charge >= 0.3 is 12.0 Å². The van der Waals surface area contributed by atoms with Crippen molar-refractivity contribution in [2.45, 2.75) is 50.7 Å². The third-order valence-corrected chi connectivity index (χ3v) is 5.62. The second kappa shape index (κ2) is 8.52. The second-order valence-electron chi connectivity index (χ2n) is 7.38. The van der Waals surface area contributed by atoms with Crippen molar-refractivity contribution in [1.82, 2.24) is 15.1 Å². The summed E-state index contributed by atoms with van der Waals surface area (Å²) in [4.78, 5) is 40.2. The maximum absolute atomic E-state index is 13.2. The van der Waals surface area contributed by atoms with Crippen LogP contribution in [0.25, 0.3) is 0 Å². The van der Waals surface area contributed by atoms with Gasteiger partial charge in [0.1, 0.15) is 0 Å². The fraction of sp³-hybridized carbons (Fsp3) is 0.550. The number of carbonyl (C=O) groups is 3. The first kappa shape index (κ1) is 19.4. The summed E-state index contributed by atoms with van der Waals surface area (Å²) in [5.74, 6) is -1.43. The second-order valence-corrected chi connectivity index (χ2v) is 7.38. The molecule has 2 N–H and O–H groups in total. The zero-order valence-corrected chi connectivity index (χ0v) is 15.6. The minimum Gasteiger partial charge on any atom is -0.480 e. The lowest BCUT2D eigenvalue weighted by molar-refractivity contribution is -0.147. The molecular formula is C20H27N3O4. The number of hydrogen-bond acceptors (Lipinski definition) is 4. The number of carbonyl (C=O) groups excluding carboxylic acids is 2. The molecule has 2 aliphatic rings. The summed E-state index contributed by atoms with van der Waals surface area (Å²) in [6.45, 7) is 0.302. The molecule has 146 valence electrons. The Labute approximate surface area is 159 Å². The third-order valence-electron chi connectivity index (χ3n) is 5.62. The van der Waals surface area contributed by atoms with E-state index in [1.54, 1.807) is 7.05 Å². The maximum atomic E-state index is 13.2. The van der Waals surface area contributed by atoms with Crippen molar-refractivity contribution in [2.24, 2.45) is 5.92 Å². The fourth-order valence-electron chi connectivity index (χ4n) is 4.20. The molecular weight excluding hydrogens is 346 g/mol. The number of amides is 3. The summed E-state index contributed by atoms with van der Waals surface area (Å²) in [6.07, 6.45) is 5.13. The van der Waals surface area contributed by atoms with Crippen molar-refractivity contribution < 1.29 is 19.5 Å². The summed E-state index contributed by atoms with van der Waals surface area (Å²) < 4.78 is 0. The van der Waals surface area contributed by atoms with Crippen LogP contribution in [0.1, 0.15) is 37.7 Å². The van der Waals surface area contributed by atoms with Crippen LogP contribution < -0.4 is 5.32 Å². The van der Waals surface area contributed by atoms with Crippen LogP contribution in [-0.2, 0) is 16.1 Å². The normalized spacial score (nSPS) is 22.1. The molecule has 1 heterocycles. The number of rotatable bonds is 6. The minimum atomic E-state index is -1.15. The molecule has 0 bridgehead atoms. The first-order valence-electron chi connectivity index (χ1n) is 9.59. The molecule has 3 rings (SSSR count). The van der Waals surface area contributed by atoms with Gasteiger partial charge in [-0.2, -0.15) is 0 Å². The van der Waals surface area contributed by atoms with Gasteiger partial charge < -0.3 is 15.3 Å². The van der Waals surface area contributed by atoms with Gasteiger partial charge in [0.05, 0.1) is 12.6 Å². The largest absolute Gasteiger partial charge is 0.480 e. The Balaban J connectivity index is 1.79. The molecule has 1 aromatic rings. The zero-order chi connectivity index (χ0) is 19.4. The molecule has 1 aliphatic heterocycles. The highest BCUT2D eigenvalue weighted by molar-refractivity contribution is 6.03. The van der Waals surface area contributed by atoms with Crippen LogP contribution in [0, 0.1) is 5.92 Å². The average Bonchev–Trinajstić information content (AvgIpc) is 3.00. The van der Waals surface area contributed by atoms with Gasteiger partial charge in [-0.25, -0.2) is 14.5 Å². The smallest absolute Gasteiger partial charge is 0.328 e. The van der Waals surface area contributed by atoms with Crippen molar-refractivity contribution >= 4 is 17.9 Å². The SMILES string of the molecule is CNC(C(=O)N1C(=O)N(Cc2ccccc2)CC1C(=O)O)C1CCCCC1. The number of carboxylic acids is 1. The van der Waals surface area contributed by atoms with Gasteiger partial charge in [-0.15, -0.1) is 0 Å². The van der Waals surface area contributed by atoms with E-state index in [4.69, 9.17) is 0 Å². The Kier molecular flexibility index (Phi) is 6.11. The first-order chi connectivity index (χ1) is 13.0. The molecule has 2 unspecified atom stereocenters. The van der Waals surface area contributed by atoms with E-state index in [0.717, 1.165) is 42.6 Å². The van der Waals surface area contributed by atoms with E-state index in [1.165, 1.54) is 4.90 Å². The van der Waals surface area contributed by atoms with Gasteiger partial charge in [-0.1, -0.05) is 49.6 Å². The fourth-order valence-corrected chi connectivity index (χ4v) is 4.20. The summed E-state index contributed by atoms with van der Waals surface area (Å²) >= 11 is 0. The molecule has 27 heavy (non-hydrogen) atoms. The quantitative estimate of drug-likeness (QED) is 0.797. The molecule has 7 nitrogen and oxygen atoms in total. The van der Waals surface area contributed by atoms with Crippen molar-refractivity contribution in [3.63, 3.8) is 0 Å². The highest BCUT2D eigenvalue weighted by atomic mass is 16.4. The Morgan fingerprint density at radius 1 is 1.19 bits per heavy atom. The van der Waals surface area contributed by atoms with Crippen molar-refractivity contribution in [2.75, 3.05) is 13.6 Å². The maximum Gasteiger partial charge on any atom is 0.328 e. The van der Waals surface area contributed by atoms with Crippen molar-refractivity contribution in [3.05, 3.63) is 35.9 Å². The Hall–Kier alpha value is -2.41. The lowest BCUT2D eigenvalue weighted by Crippen LogP contribution is -2.54. The minimum absolute atomic E-state index is 0.00982. The molecule has 1 saturated carbocycles. The molecule has 0 radical (unpaired) electrons. The number of likely N-dealkylation sites (N-methyl/N-ethyl adjacent to an activating group) is 1. The van der Waals surface area contributed by atoms with Crippen LogP contribution >= 0.6 is 0 Å². The van der Waals surface area contributed by atoms with Gasteiger partial charge in [0.25, 0.3) is 0 Å². The predicted molar refractivity (Wildman–Crippen MR) is 99.9 cm³/mol. The van der Waals surface area contributed by atoms with E-state index >= 15 is 0 Å². The number of imide groups is 1. The molecule has 2 fully saturated rings. The van der Waals surface area contributed by atoms with E-state index < -0.39 is 30.0 Å². The van der Waals surface area contributed by atoms with Gasteiger partial charge in [0.2, 0.25) is 5.91 Å². The molecule has 1 saturated heterocycles. The van der Waals surface area contributed by atoms with Crippen LogP contribution in [0.3, 0.4) is 0 Å². The molecule has 0 spiro atoms. The molecule has 1 aromatic carbocycles. The lowest BCUT2D eigenvalue weighted by Gasteiger charge is -2.32. The van der Waals surface area contributed by atoms with Gasteiger partial charge in [-0.05, 0) is 31.4 Å². The monoisotopic (exact) mass is 373 g/mol. The average molecular weight is 373 g/mol. The Morgan fingerprint density at radius 2 is 1.85 bits per heavy atom. The molecule has 7 heteroatoms. The zero-order valence-electron chi connectivity index (χ0n) is 15.6. The van der Waals surface area contributed by atoms with Gasteiger partial charge in [0, 0.05) is 6.54 Å². The van der Waals surface area contributed by atoms with Crippen LogP contribution in [0.15, 0.2) is 30.3 Å². The van der Waals surface area contributed by atoms with Crippen LogP contribution in [0.4, 0.5) is 4.79 Å². The highest BCUT2D eigenvalue weighted by Crippen LogP contribution is 2.29. The molecule has 2 atom stereocenters. The number of carboxylic acid groups (broad SMARTS) is 1. The third kappa shape index (κ3) is 4.13. The number of benzene rings is 1. The van der Waals surface area contributed by atoms with Gasteiger partial charge in [-0.3, -0.25) is 4.79 Å². The molecule has 3 amide bonds. The van der Waals surface area contributed by atoms with E-state index in [9.17, 15) is 19.5 Å². The van der Waals surface area contributed by atoms with E-state index in [0.29, 0.717) is 6.54 Å². The number of urea groups is 1. The van der Waals surface area contributed by atoms with Crippen LogP contribution in [-0.4, -0.2) is 58.5 Å². The number of aliphatic carboxylic acids is 1. The van der Waals surface area contributed by atoms with Gasteiger partial charge in [0.15, 0.2) is 6.04 Å². The summed E-state index contributed by atoms with van der Waals surface area (Å²) in [5.41, 5.74) is 0.904.